The number of rotatable bonds is 3. The molecule has 0 aliphatic rings. The van der Waals surface area contributed by atoms with E-state index in [1.807, 2.05) is 0 Å². The van der Waals surface area contributed by atoms with E-state index in [1.165, 1.54) is 18.2 Å². The molecule has 2 rings (SSSR count). The van der Waals surface area contributed by atoms with Gasteiger partial charge in [0.2, 0.25) is 5.88 Å². The number of halogens is 5. The molecule has 1 heterocycles. The van der Waals surface area contributed by atoms with Crippen molar-refractivity contribution in [2.45, 2.75) is 6.61 Å². The van der Waals surface area contributed by atoms with Crippen LogP contribution in [0.5, 0.6) is 5.88 Å². The molecule has 0 fully saturated rings. The zero-order valence-corrected chi connectivity index (χ0v) is 10.7. The summed E-state index contributed by atoms with van der Waals surface area (Å²) in [5.74, 6) is -1.08. The lowest BCUT2D eigenvalue weighted by Crippen LogP contribution is -2.05. The third kappa shape index (κ3) is 3.52. The van der Waals surface area contributed by atoms with Crippen LogP contribution in [0, 0.1) is 5.82 Å². The Labute approximate surface area is 116 Å². The molecule has 1 aromatic carbocycles. The minimum absolute atomic E-state index is 0.0460. The highest BCUT2D eigenvalue weighted by Gasteiger charge is 2.15. The van der Waals surface area contributed by atoms with Crippen LogP contribution < -0.4 is 4.74 Å². The Morgan fingerprint density at radius 3 is 2.26 bits per heavy atom. The summed E-state index contributed by atoms with van der Waals surface area (Å²) in [6.45, 7) is -3.06. The van der Waals surface area contributed by atoms with E-state index in [2.05, 4.69) is 9.72 Å². The van der Waals surface area contributed by atoms with Crippen molar-refractivity contribution >= 4 is 23.2 Å². The fraction of sp³-hybridized carbons (Fsp3) is 0.0833. The number of benzene rings is 1. The van der Waals surface area contributed by atoms with Gasteiger partial charge in [-0.1, -0.05) is 23.2 Å². The molecule has 1 aromatic heterocycles. The van der Waals surface area contributed by atoms with Gasteiger partial charge in [0.1, 0.15) is 5.82 Å². The van der Waals surface area contributed by atoms with Gasteiger partial charge in [0.25, 0.3) is 0 Å². The maximum atomic E-state index is 13.2. The molecule has 0 unspecified atom stereocenters. The first-order valence-electron chi connectivity index (χ1n) is 5.02. The molecule has 0 atom stereocenters. The van der Waals surface area contributed by atoms with Gasteiger partial charge in [-0.15, -0.1) is 0 Å². The number of aromatic nitrogens is 1. The molecule has 2 nitrogen and oxygen atoms in total. The standard InChI is InChI=1S/C12H6Cl2F3NO/c13-7-1-6(2-8(14)3-7)10-4-9(15)5-18-11(10)19-12(16)17/h1-5,12H. The van der Waals surface area contributed by atoms with E-state index in [1.54, 1.807) is 0 Å². The molecule has 0 aliphatic carbocycles. The van der Waals surface area contributed by atoms with E-state index in [-0.39, 0.29) is 15.6 Å². The first-order chi connectivity index (χ1) is 8.95. The van der Waals surface area contributed by atoms with Crippen LogP contribution in [0.25, 0.3) is 11.1 Å². The van der Waals surface area contributed by atoms with Crippen molar-refractivity contribution in [1.82, 2.24) is 4.98 Å². The molecule has 0 N–H and O–H groups in total. The Kier molecular flexibility index (Phi) is 4.17. The van der Waals surface area contributed by atoms with Crippen LogP contribution in [0.4, 0.5) is 13.2 Å². The fourth-order valence-corrected chi connectivity index (χ4v) is 2.05. The van der Waals surface area contributed by atoms with Gasteiger partial charge in [-0.05, 0) is 29.8 Å². The Hall–Kier alpha value is -1.46. The number of nitrogens with zero attached hydrogens (tertiary/aromatic N) is 1. The normalized spacial score (nSPS) is 10.8. The van der Waals surface area contributed by atoms with E-state index in [0.717, 1.165) is 12.3 Å². The van der Waals surface area contributed by atoms with Crippen LogP contribution in [0.3, 0.4) is 0 Å². The smallest absolute Gasteiger partial charge is 0.388 e. The minimum atomic E-state index is -3.06. The molecular formula is C12H6Cl2F3NO. The second-order valence-electron chi connectivity index (χ2n) is 3.54. The van der Waals surface area contributed by atoms with Crippen LogP contribution in [-0.2, 0) is 0 Å². The maximum Gasteiger partial charge on any atom is 0.388 e. The van der Waals surface area contributed by atoms with E-state index in [9.17, 15) is 13.2 Å². The van der Waals surface area contributed by atoms with Gasteiger partial charge in [0, 0.05) is 15.6 Å². The van der Waals surface area contributed by atoms with Crippen molar-refractivity contribution in [3.05, 3.63) is 46.3 Å². The molecule has 0 spiro atoms. The lowest BCUT2D eigenvalue weighted by molar-refractivity contribution is -0.0524. The number of ether oxygens (including phenoxy) is 1. The highest BCUT2D eigenvalue weighted by molar-refractivity contribution is 6.35. The van der Waals surface area contributed by atoms with E-state index < -0.39 is 18.3 Å². The van der Waals surface area contributed by atoms with Crippen molar-refractivity contribution in [1.29, 1.82) is 0 Å². The molecule has 0 radical (unpaired) electrons. The maximum absolute atomic E-state index is 13.2. The lowest BCUT2D eigenvalue weighted by atomic mass is 10.1. The first kappa shape index (κ1) is 14.0. The van der Waals surface area contributed by atoms with Gasteiger partial charge in [0.05, 0.1) is 6.20 Å². The highest BCUT2D eigenvalue weighted by atomic mass is 35.5. The van der Waals surface area contributed by atoms with Gasteiger partial charge in [0.15, 0.2) is 0 Å². The molecule has 0 aliphatic heterocycles. The zero-order chi connectivity index (χ0) is 14.0. The van der Waals surface area contributed by atoms with Crippen LogP contribution >= 0.6 is 23.2 Å². The summed E-state index contributed by atoms with van der Waals surface area (Å²) in [5, 5.41) is 0.574. The molecular weight excluding hydrogens is 302 g/mol. The Bertz CT molecular complexity index is 587. The molecule has 7 heteroatoms. The summed E-state index contributed by atoms with van der Waals surface area (Å²) in [6, 6.07) is 5.38. The summed E-state index contributed by atoms with van der Waals surface area (Å²) < 4.78 is 42.0. The monoisotopic (exact) mass is 307 g/mol. The summed E-state index contributed by atoms with van der Waals surface area (Å²) >= 11 is 11.6. The Morgan fingerprint density at radius 2 is 1.68 bits per heavy atom. The predicted octanol–water partition coefficient (Wildman–Crippen LogP) is 4.80. The number of hydrogen-bond donors (Lipinski definition) is 0. The van der Waals surface area contributed by atoms with Gasteiger partial charge >= 0.3 is 6.61 Å². The van der Waals surface area contributed by atoms with Crippen LogP contribution in [0.2, 0.25) is 10.0 Å². The summed E-state index contributed by atoms with van der Waals surface area (Å²) in [7, 11) is 0. The third-order valence-corrected chi connectivity index (χ3v) is 2.63. The Morgan fingerprint density at radius 1 is 1.05 bits per heavy atom. The van der Waals surface area contributed by atoms with Crippen molar-refractivity contribution < 1.29 is 17.9 Å². The lowest BCUT2D eigenvalue weighted by Gasteiger charge is -2.10. The molecule has 0 saturated carbocycles. The molecule has 2 aromatic rings. The largest absolute Gasteiger partial charge is 0.416 e. The highest BCUT2D eigenvalue weighted by Crippen LogP contribution is 2.33. The van der Waals surface area contributed by atoms with Crippen molar-refractivity contribution in [2.75, 3.05) is 0 Å². The van der Waals surface area contributed by atoms with Gasteiger partial charge < -0.3 is 4.74 Å². The molecule has 100 valence electrons. The second kappa shape index (κ2) is 5.67. The number of pyridine rings is 1. The summed E-state index contributed by atoms with van der Waals surface area (Å²) in [6.07, 6.45) is 0.785. The summed E-state index contributed by atoms with van der Waals surface area (Å²) in [5.41, 5.74) is 0.379. The topological polar surface area (TPSA) is 22.1 Å². The number of hydrogen-bond acceptors (Lipinski definition) is 2. The minimum Gasteiger partial charge on any atom is -0.416 e. The van der Waals surface area contributed by atoms with Crippen LogP contribution in [0.15, 0.2) is 30.5 Å². The first-order valence-corrected chi connectivity index (χ1v) is 5.78. The second-order valence-corrected chi connectivity index (χ2v) is 4.42. The quantitative estimate of drug-likeness (QED) is 0.813. The average molecular weight is 308 g/mol. The SMILES string of the molecule is Fc1cnc(OC(F)F)c(-c2cc(Cl)cc(Cl)c2)c1. The Balaban J connectivity index is 2.55. The van der Waals surface area contributed by atoms with Crippen molar-refractivity contribution in [3.8, 4) is 17.0 Å². The van der Waals surface area contributed by atoms with E-state index in [0.29, 0.717) is 5.56 Å². The average Bonchev–Trinajstić information content (AvgIpc) is 2.29. The van der Waals surface area contributed by atoms with Crippen molar-refractivity contribution in [3.63, 3.8) is 0 Å². The molecule has 0 saturated heterocycles. The molecule has 0 amide bonds. The van der Waals surface area contributed by atoms with E-state index >= 15 is 0 Å². The number of alkyl halides is 2. The third-order valence-electron chi connectivity index (χ3n) is 2.19. The van der Waals surface area contributed by atoms with Gasteiger partial charge in [-0.3, -0.25) is 0 Å². The fourth-order valence-electron chi connectivity index (χ4n) is 1.52. The predicted molar refractivity (Wildman–Crippen MR) is 66.3 cm³/mol. The molecule has 19 heavy (non-hydrogen) atoms. The van der Waals surface area contributed by atoms with E-state index in [4.69, 9.17) is 23.2 Å². The van der Waals surface area contributed by atoms with Crippen molar-refractivity contribution in [2.24, 2.45) is 0 Å². The molecule has 0 bridgehead atoms. The summed E-state index contributed by atoms with van der Waals surface area (Å²) in [4.78, 5) is 3.49. The van der Waals surface area contributed by atoms with Gasteiger partial charge in [-0.2, -0.15) is 8.78 Å². The van der Waals surface area contributed by atoms with Gasteiger partial charge in [-0.25, -0.2) is 9.37 Å². The van der Waals surface area contributed by atoms with Crippen LogP contribution in [-0.4, -0.2) is 11.6 Å². The zero-order valence-electron chi connectivity index (χ0n) is 9.21. The van der Waals surface area contributed by atoms with Crippen LogP contribution in [0.1, 0.15) is 0 Å².